The Morgan fingerprint density at radius 3 is 2.43 bits per heavy atom. The van der Waals surface area contributed by atoms with Crippen LogP contribution in [-0.2, 0) is 16.0 Å². The number of aromatic nitrogens is 2. The quantitative estimate of drug-likeness (QED) is 0.116. The Bertz CT molecular complexity index is 851. The topological polar surface area (TPSA) is 61.3 Å². The van der Waals surface area contributed by atoms with Gasteiger partial charge in [-0.25, -0.2) is 4.98 Å². The highest BCUT2D eigenvalue weighted by molar-refractivity contribution is 5.69. The summed E-state index contributed by atoms with van der Waals surface area (Å²) in [5.41, 5.74) is 2.32. The smallest absolute Gasteiger partial charge is 0.305 e. The van der Waals surface area contributed by atoms with Crippen molar-refractivity contribution < 1.29 is 14.3 Å². The van der Waals surface area contributed by atoms with E-state index in [0.29, 0.717) is 24.7 Å². The van der Waals surface area contributed by atoms with Crippen LogP contribution in [0.4, 0.5) is 0 Å². The molecule has 0 fully saturated rings. The molecule has 0 N–H and O–H groups in total. The summed E-state index contributed by atoms with van der Waals surface area (Å²) in [6.07, 6.45) is 18.0. The van der Waals surface area contributed by atoms with Crippen LogP contribution in [0.1, 0.15) is 96.5 Å². The standard InChI is InChI=1S/C30H44N2O3/c1-4-6-7-8-9-10-11-15-24-34-28-22-23-31-30(32-28)27-20-18-26(19-21-27)17-14-12-13-16-25(3)35-29(33)5-2/h4,18-23,25H,1,5-17,24H2,2-3H3. The summed E-state index contributed by atoms with van der Waals surface area (Å²) in [6, 6.07) is 10.3. The predicted molar refractivity (Wildman–Crippen MR) is 143 cm³/mol. The maximum absolute atomic E-state index is 11.3. The molecule has 35 heavy (non-hydrogen) atoms. The minimum Gasteiger partial charge on any atom is -0.478 e. The number of aryl methyl sites for hydroxylation is 1. The number of carbonyl (C=O) groups is 1. The van der Waals surface area contributed by atoms with Crippen molar-refractivity contribution in [1.29, 1.82) is 0 Å². The lowest BCUT2D eigenvalue weighted by Gasteiger charge is -2.12. The molecule has 0 saturated carbocycles. The molecule has 5 nitrogen and oxygen atoms in total. The van der Waals surface area contributed by atoms with Crippen LogP contribution in [0.3, 0.4) is 0 Å². The first-order chi connectivity index (χ1) is 17.1. The Balaban J connectivity index is 1.65. The molecule has 1 unspecified atom stereocenters. The number of rotatable bonds is 19. The van der Waals surface area contributed by atoms with Gasteiger partial charge in [-0.1, -0.05) is 69.4 Å². The number of benzene rings is 1. The number of esters is 1. The zero-order valence-electron chi connectivity index (χ0n) is 21.8. The number of hydrogen-bond acceptors (Lipinski definition) is 5. The number of ether oxygens (including phenoxy) is 2. The molecule has 1 atom stereocenters. The lowest BCUT2D eigenvalue weighted by Crippen LogP contribution is -2.13. The molecule has 0 saturated heterocycles. The van der Waals surface area contributed by atoms with E-state index in [4.69, 9.17) is 9.47 Å². The van der Waals surface area contributed by atoms with Crippen molar-refractivity contribution in [3.05, 3.63) is 54.7 Å². The zero-order chi connectivity index (χ0) is 25.1. The molecule has 0 aliphatic rings. The van der Waals surface area contributed by atoms with Gasteiger partial charge < -0.3 is 9.47 Å². The second-order valence-corrected chi connectivity index (χ2v) is 9.22. The van der Waals surface area contributed by atoms with Gasteiger partial charge in [-0.3, -0.25) is 4.79 Å². The van der Waals surface area contributed by atoms with Gasteiger partial charge in [0, 0.05) is 24.2 Å². The molecule has 1 heterocycles. The van der Waals surface area contributed by atoms with Crippen molar-refractivity contribution >= 4 is 5.97 Å². The van der Waals surface area contributed by atoms with Gasteiger partial charge in [0.15, 0.2) is 5.82 Å². The maximum atomic E-state index is 11.3. The number of allylic oxidation sites excluding steroid dienone is 1. The van der Waals surface area contributed by atoms with Crippen LogP contribution in [0.25, 0.3) is 11.4 Å². The van der Waals surface area contributed by atoms with E-state index in [1.54, 1.807) is 6.20 Å². The van der Waals surface area contributed by atoms with Crippen LogP contribution >= 0.6 is 0 Å². The fourth-order valence-electron chi connectivity index (χ4n) is 3.96. The van der Waals surface area contributed by atoms with Gasteiger partial charge in [-0.2, -0.15) is 4.98 Å². The molecule has 0 spiro atoms. The third-order valence-electron chi connectivity index (χ3n) is 6.09. The van der Waals surface area contributed by atoms with Crippen LogP contribution < -0.4 is 4.74 Å². The Morgan fingerprint density at radius 1 is 0.971 bits per heavy atom. The van der Waals surface area contributed by atoms with Crippen molar-refractivity contribution in [2.24, 2.45) is 0 Å². The fourth-order valence-corrected chi connectivity index (χ4v) is 3.96. The first-order valence-electron chi connectivity index (χ1n) is 13.5. The summed E-state index contributed by atoms with van der Waals surface area (Å²) in [6.45, 7) is 8.27. The minimum absolute atomic E-state index is 0.0129. The van der Waals surface area contributed by atoms with Gasteiger partial charge in [-0.05, 0) is 57.4 Å². The molecule has 192 valence electrons. The van der Waals surface area contributed by atoms with Crippen LogP contribution in [0.5, 0.6) is 5.88 Å². The molecule has 0 radical (unpaired) electrons. The monoisotopic (exact) mass is 480 g/mol. The lowest BCUT2D eigenvalue weighted by atomic mass is 10.0. The van der Waals surface area contributed by atoms with Crippen molar-refractivity contribution in [3.63, 3.8) is 0 Å². The fraction of sp³-hybridized carbons (Fsp3) is 0.567. The molecular weight excluding hydrogens is 436 g/mol. The molecule has 1 aromatic carbocycles. The van der Waals surface area contributed by atoms with E-state index < -0.39 is 0 Å². The van der Waals surface area contributed by atoms with Gasteiger partial charge in [-0.15, -0.1) is 6.58 Å². The molecule has 1 aromatic heterocycles. The van der Waals surface area contributed by atoms with Crippen LogP contribution in [-0.4, -0.2) is 28.6 Å². The third-order valence-corrected chi connectivity index (χ3v) is 6.09. The number of carbonyl (C=O) groups excluding carboxylic acids is 1. The molecular formula is C30H44N2O3. The van der Waals surface area contributed by atoms with Gasteiger partial charge >= 0.3 is 5.97 Å². The van der Waals surface area contributed by atoms with Crippen LogP contribution in [0.2, 0.25) is 0 Å². The summed E-state index contributed by atoms with van der Waals surface area (Å²) >= 11 is 0. The molecule has 0 bridgehead atoms. The van der Waals surface area contributed by atoms with E-state index in [1.165, 1.54) is 37.7 Å². The van der Waals surface area contributed by atoms with Crippen molar-refractivity contribution in [1.82, 2.24) is 9.97 Å². The maximum Gasteiger partial charge on any atom is 0.305 e. The Hall–Kier alpha value is -2.69. The van der Waals surface area contributed by atoms with E-state index in [2.05, 4.69) is 40.8 Å². The molecule has 0 amide bonds. The average Bonchev–Trinajstić information content (AvgIpc) is 2.88. The largest absolute Gasteiger partial charge is 0.478 e. The molecule has 0 aliphatic carbocycles. The number of hydrogen-bond donors (Lipinski definition) is 0. The van der Waals surface area contributed by atoms with Gasteiger partial charge in [0.05, 0.1) is 12.7 Å². The van der Waals surface area contributed by atoms with Gasteiger partial charge in [0.25, 0.3) is 0 Å². The highest BCUT2D eigenvalue weighted by atomic mass is 16.5. The third kappa shape index (κ3) is 12.5. The minimum atomic E-state index is -0.111. The van der Waals surface area contributed by atoms with Crippen molar-refractivity contribution in [2.45, 2.75) is 103 Å². The van der Waals surface area contributed by atoms with Gasteiger partial charge in [0.1, 0.15) is 0 Å². The molecule has 2 rings (SSSR count). The average molecular weight is 481 g/mol. The van der Waals surface area contributed by atoms with Crippen molar-refractivity contribution in [2.75, 3.05) is 6.61 Å². The Kier molecular flexibility index (Phi) is 14.4. The normalized spacial score (nSPS) is 11.7. The van der Waals surface area contributed by atoms with E-state index in [1.807, 2.05) is 26.0 Å². The van der Waals surface area contributed by atoms with E-state index in [-0.39, 0.29) is 12.1 Å². The number of unbranched alkanes of at least 4 members (excludes halogenated alkanes) is 8. The molecule has 5 heteroatoms. The van der Waals surface area contributed by atoms with Gasteiger partial charge in [0.2, 0.25) is 5.88 Å². The second-order valence-electron chi connectivity index (χ2n) is 9.22. The summed E-state index contributed by atoms with van der Waals surface area (Å²) in [7, 11) is 0. The predicted octanol–water partition coefficient (Wildman–Crippen LogP) is 7.88. The van der Waals surface area contributed by atoms with Crippen LogP contribution in [0, 0.1) is 0 Å². The Labute approximate surface area is 212 Å². The number of nitrogens with zero attached hydrogens (tertiary/aromatic N) is 2. The summed E-state index contributed by atoms with van der Waals surface area (Å²) < 4.78 is 11.2. The summed E-state index contributed by atoms with van der Waals surface area (Å²) in [5, 5.41) is 0. The second kappa shape index (κ2) is 17.7. The summed E-state index contributed by atoms with van der Waals surface area (Å²) in [5.74, 6) is 1.23. The van der Waals surface area contributed by atoms with E-state index in [9.17, 15) is 4.79 Å². The van der Waals surface area contributed by atoms with E-state index in [0.717, 1.165) is 50.5 Å². The molecule has 2 aromatic rings. The first kappa shape index (κ1) is 28.5. The SMILES string of the molecule is C=CCCCCCCCCOc1ccnc(-c2ccc(CCCCCC(C)OC(=O)CC)cc2)n1. The first-order valence-corrected chi connectivity index (χ1v) is 13.5. The van der Waals surface area contributed by atoms with Crippen molar-refractivity contribution in [3.8, 4) is 17.3 Å². The Morgan fingerprint density at radius 2 is 1.69 bits per heavy atom. The van der Waals surface area contributed by atoms with E-state index >= 15 is 0 Å². The lowest BCUT2D eigenvalue weighted by molar-refractivity contribution is -0.148. The molecule has 0 aliphatic heterocycles. The zero-order valence-corrected chi connectivity index (χ0v) is 21.8. The highest BCUT2D eigenvalue weighted by Gasteiger charge is 2.07. The highest BCUT2D eigenvalue weighted by Crippen LogP contribution is 2.19. The van der Waals surface area contributed by atoms with Crippen LogP contribution in [0.15, 0.2) is 49.2 Å². The summed E-state index contributed by atoms with van der Waals surface area (Å²) in [4.78, 5) is 20.3.